The molecule has 2 aromatic rings. The first-order valence-corrected chi connectivity index (χ1v) is 11.2. The van der Waals surface area contributed by atoms with Gasteiger partial charge in [0.15, 0.2) is 0 Å². The van der Waals surface area contributed by atoms with Crippen LogP contribution in [0.2, 0.25) is 0 Å². The van der Waals surface area contributed by atoms with E-state index in [9.17, 15) is 18.8 Å². The van der Waals surface area contributed by atoms with E-state index in [2.05, 4.69) is 24.8 Å². The van der Waals surface area contributed by atoms with Gasteiger partial charge in [-0.15, -0.1) is 0 Å². The van der Waals surface area contributed by atoms with Crippen molar-refractivity contribution in [2.45, 2.75) is 38.1 Å². The number of rotatable bonds is 5. The molecule has 3 rings (SSSR count). The maximum Gasteiger partial charge on any atom is 0.244 e. The first kappa shape index (κ1) is 21.3. The molecule has 0 radical (unpaired) electrons. The van der Waals surface area contributed by atoms with Crippen molar-refractivity contribution in [3.8, 4) is 11.8 Å². The monoisotopic (exact) mass is 413 g/mol. The van der Waals surface area contributed by atoms with Crippen LogP contribution in [0.5, 0.6) is 5.75 Å². The van der Waals surface area contributed by atoms with Crippen LogP contribution in [0.25, 0.3) is 0 Å². The molecule has 1 fully saturated rings. The SMILES string of the molecule is Cc1cc(O)c(CN2CCN(S(=O)(=O)c3ccccc3C#N)CC2)cc1C(C)C. The second-order valence-electron chi connectivity index (χ2n) is 7.78. The van der Waals surface area contributed by atoms with E-state index < -0.39 is 10.0 Å². The molecule has 29 heavy (non-hydrogen) atoms. The molecule has 6 nitrogen and oxygen atoms in total. The molecule has 1 N–H and O–H groups in total. The van der Waals surface area contributed by atoms with Crippen LogP contribution in [0, 0.1) is 18.3 Å². The van der Waals surface area contributed by atoms with E-state index in [4.69, 9.17) is 0 Å². The highest BCUT2D eigenvalue weighted by atomic mass is 32.2. The summed E-state index contributed by atoms with van der Waals surface area (Å²) in [6, 6.07) is 12.1. The molecule has 0 unspecified atom stereocenters. The average molecular weight is 414 g/mol. The summed E-state index contributed by atoms with van der Waals surface area (Å²) in [6.07, 6.45) is 0. The Morgan fingerprint density at radius 1 is 1.14 bits per heavy atom. The summed E-state index contributed by atoms with van der Waals surface area (Å²) in [5.41, 5.74) is 3.33. The van der Waals surface area contributed by atoms with E-state index in [1.807, 2.05) is 19.1 Å². The molecule has 1 heterocycles. The second kappa shape index (κ2) is 8.54. The molecule has 154 valence electrons. The largest absolute Gasteiger partial charge is 0.508 e. The molecular formula is C22H27N3O3S. The third-order valence-corrected chi connectivity index (χ3v) is 7.40. The van der Waals surface area contributed by atoms with Gasteiger partial charge in [0.05, 0.1) is 10.5 Å². The number of aromatic hydroxyl groups is 1. The molecule has 7 heteroatoms. The number of hydrogen-bond donors (Lipinski definition) is 1. The summed E-state index contributed by atoms with van der Waals surface area (Å²) in [4.78, 5) is 2.21. The van der Waals surface area contributed by atoms with E-state index in [0.29, 0.717) is 38.6 Å². The van der Waals surface area contributed by atoms with Crippen LogP contribution in [0.3, 0.4) is 0 Å². The molecule has 0 saturated carbocycles. The summed E-state index contributed by atoms with van der Waals surface area (Å²) < 4.78 is 27.4. The molecular weight excluding hydrogens is 386 g/mol. The van der Waals surface area contributed by atoms with Crippen molar-refractivity contribution < 1.29 is 13.5 Å². The van der Waals surface area contributed by atoms with E-state index in [-0.39, 0.29) is 16.2 Å². The van der Waals surface area contributed by atoms with Gasteiger partial charge in [-0.25, -0.2) is 8.42 Å². The Bertz CT molecular complexity index is 1030. The minimum absolute atomic E-state index is 0.0636. The maximum atomic E-state index is 13.0. The fraction of sp³-hybridized carbons (Fsp3) is 0.409. The van der Waals surface area contributed by atoms with Crippen molar-refractivity contribution >= 4 is 10.0 Å². The van der Waals surface area contributed by atoms with Crippen LogP contribution < -0.4 is 0 Å². The van der Waals surface area contributed by atoms with Gasteiger partial charge in [-0.1, -0.05) is 32.0 Å². The molecule has 0 atom stereocenters. The first-order chi connectivity index (χ1) is 13.7. The molecule has 0 bridgehead atoms. The summed E-state index contributed by atoms with van der Waals surface area (Å²) >= 11 is 0. The molecule has 0 amide bonds. The number of sulfonamides is 1. The molecule has 2 aromatic carbocycles. The third kappa shape index (κ3) is 4.45. The average Bonchev–Trinajstić information content (AvgIpc) is 2.70. The number of aryl methyl sites for hydroxylation is 1. The molecule has 0 aliphatic carbocycles. The van der Waals surface area contributed by atoms with Gasteiger partial charge in [-0.05, 0) is 42.2 Å². The number of nitriles is 1. The Morgan fingerprint density at radius 2 is 1.79 bits per heavy atom. The lowest BCUT2D eigenvalue weighted by molar-refractivity contribution is 0.180. The minimum atomic E-state index is -3.70. The number of nitrogens with zero attached hydrogens (tertiary/aromatic N) is 3. The van der Waals surface area contributed by atoms with Crippen molar-refractivity contribution in [3.63, 3.8) is 0 Å². The van der Waals surface area contributed by atoms with E-state index in [1.54, 1.807) is 12.1 Å². The lowest BCUT2D eigenvalue weighted by Crippen LogP contribution is -2.48. The number of benzene rings is 2. The zero-order chi connectivity index (χ0) is 21.2. The van der Waals surface area contributed by atoms with Crippen LogP contribution in [0.15, 0.2) is 41.3 Å². The lowest BCUT2D eigenvalue weighted by Gasteiger charge is -2.34. The normalized spacial score (nSPS) is 16.1. The van der Waals surface area contributed by atoms with Gasteiger partial charge < -0.3 is 5.11 Å². The van der Waals surface area contributed by atoms with Gasteiger partial charge >= 0.3 is 0 Å². The smallest absolute Gasteiger partial charge is 0.244 e. The molecule has 1 saturated heterocycles. The van der Waals surface area contributed by atoms with Crippen LogP contribution in [-0.4, -0.2) is 48.9 Å². The van der Waals surface area contributed by atoms with Gasteiger partial charge in [0.1, 0.15) is 11.8 Å². The number of phenolic OH excluding ortho intramolecular Hbond substituents is 1. The highest BCUT2D eigenvalue weighted by Crippen LogP contribution is 2.29. The van der Waals surface area contributed by atoms with Crippen LogP contribution in [0.1, 0.15) is 42.0 Å². The van der Waals surface area contributed by atoms with Gasteiger partial charge in [-0.2, -0.15) is 9.57 Å². The highest BCUT2D eigenvalue weighted by molar-refractivity contribution is 7.89. The summed E-state index contributed by atoms with van der Waals surface area (Å²) in [5.74, 6) is 0.654. The predicted octanol–water partition coefficient (Wildman–Crippen LogP) is 3.20. The third-order valence-electron chi connectivity index (χ3n) is 5.44. The summed E-state index contributed by atoms with van der Waals surface area (Å²) in [7, 11) is -3.70. The van der Waals surface area contributed by atoms with E-state index >= 15 is 0 Å². The fourth-order valence-electron chi connectivity index (χ4n) is 3.80. The zero-order valence-electron chi connectivity index (χ0n) is 17.1. The number of piperazine rings is 1. The van der Waals surface area contributed by atoms with Crippen molar-refractivity contribution in [1.29, 1.82) is 5.26 Å². The van der Waals surface area contributed by atoms with Crippen molar-refractivity contribution in [2.75, 3.05) is 26.2 Å². The van der Waals surface area contributed by atoms with Crippen molar-refractivity contribution in [2.24, 2.45) is 0 Å². The summed E-state index contributed by atoms with van der Waals surface area (Å²) in [6.45, 7) is 8.68. The number of hydrogen-bond acceptors (Lipinski definition) is 5. The Balaban J connectivity index is 1.72. The molecule has 0 aromatic heterocycles. The van der Waals surface area contributed by atoms with Gasteiger partial charge in [0.2, 0.25) is 10.0 Å². The van der Waals surface area contributed by atoms with Crippen molar-refractivity contribution in [1.82, 2.24) is 9.21 Å². The zero-order valence-corrected chi connectivity index (χ0v) is 17.9. The van der Waals surface area contributed by atoms with E-state index in [1.165, 1.54) is 22.0 Å². The van der Waals surface area contributed by atoms with Crippen molar-refractivity contribution in [3.05, 3.63) is 58.7 Å². The highest BCUT2D eigenvalue weighted by Gasteiger charge is 2.30. The van der Waals surface area contributed by atoms with Crippen LogP contribution in [0.4, 0.5) is 0 Å². The number of phenols is 1. The second-order valence-corrected chi connectivity index (χ2v) is 9.69. The van der Waals surface area contributed by atoms with Gasteiger partial charge in [-0.3, -0.25) is 4.90 Å². The molecule has 0 spiro atoms. The molecule has 1 aliphatic heterocycles. The van der Waals surface area contributed by atoms with E-state index in [0.717, 1.165) is 11.1 Å². The van der Waals surface area contributed by atoms with Crippen LogP contribution >= 0.6 is 0 Å². The van der Waals surface area contributed by atoms with Crippen LogP contribution in [-0.2, 0) is 16.6 Å². The maximum absolute atomic E-state index is 13.0. The topological polar surface area (TPSA) is 84.6 Å². The van der Waals surface area contributed by atoms with Gasteiger partial charge in [0.25, 0.3) is 0 Å². The predicted molar refractivity (Wildman–Crippen MR) is 112 cm³/mol. The lowest BCUT2D eigenvalue weighted by atomic mass is 9.95. The fourth-order valence-corrected chi connectivity index (χ4v) is 5.36. The molecule has 1 aliphatic rings. The first-order valence-electron chi connectivity index (χ1n) is 9.78. The Kier molecular flexibility index (Phi) is 6.27. The Labute approximate surface area is 173 Å². The summed E-state index contributed by atoms with van der Waals surface area (Å²) in [5, 5.41) is 19.6. The Morgan fingerprint density at radius 3 is 2.41 bits per heavy atom. The van der Waals surface area contributed by atoms with Gasteiger partial charge in [0, 0.05) is 38.3 Å². The standard InChI is InChI=1S/C22H27N3O3S/c1-16(2)20-13-19(21(26)12-17(20)3)15-24-8-10-25(11-9-24)29(27,28)22-7-5-4-6-18(22)14-23/h4-7,12-13,16,26H,8-11,15H2,1-3H3. The quantitative estimate of drug-likeness (QED) is 0.814. The Hall–Kier alpha value is -2.40. The minimum Gasteiger partial charge on any atom is -0.508 e.